The fraction of sp³-hybridized carbons (Fsp3) is 0.0625. The van der Waals surface area contributed by atoms with Crippen LogP contribution in [-0.2, 0) is 0 Å². The van der Waals surface area contributed by atoms with Crippen LogP contribution in [0, 0.1) is 5.82 Å². The highest BCUT2D eigenvalue weighted by Gasteiger charge is 2.14. The number of aromatic amines is 2. The van der Waals surface area contributed by atoms with Gasteiger partial charge in [0.1, 0.15) is 5.82 Å². The fourth-order valence-corrected chi connectivity index (χ4v) is 3.19. The average Bonchev–Trinajstić information content (AvgIpc) is 2.95. The first-order valence-corrected chi connectivity index (χ1v) is 8.18. The van der Waals surface area contributed by atoms with E-state index in [4.69, 9.17) is 0 Å². The van der Waals surface area contributed by atoms with Crippen LogP contribution in [0.25, 0.3) is 11.0 Å². The van der Waals surface area contributed by atoms with E-state index in [1.165, 1.54) is 23.9 Å². The monoisotopic (exact) mass is 341 g/mol. The van der Waals surface area contributed by atoms with Crippen LogP contribution in [0.5, 0.6) is 0 Å². The minimum absolute atomic E-state index is 0.235. The summed E-state index contributed by atoms with van der Waals surface area (Å²) < 4.78 is 13.2. The lowest BCUT2D eigenvalue weighted by molar-refractivity contribution is 0.628. The molecule has 0 bridgehead atoms. The number of thioether (sulfide) groups is 1. The summed E-state index contributed by atoms with van der Waals surface area (Å²) in [5.41, 5.74) is 3.60. The second-order valence-corrected chi connectivity index (χ2v) is 6.18. The Morgan fingerprint density at radius 2 is 1.96 bits per heavy atom. The van der Waals surface area contributed by atoms with Crippen molar-refractivity contribution in [3.05, 3.63) is 64.3 Å². The van der Waals surface area contributed by atoms with Crippen molar-refractivity contribution >= 4 is 39.4 Å². The van der Waals surface area contributed by atoms with Crippen LogP contribution in [0.1, 0.15) is 5.56 Å². The third-order valence-corrected chi connectivity index (χ3v) is 4.41. The maximum Gasteiger partial charge on any atom is 0.323 e. The van der Waals surface area contributed by atoms with E-state index in [-0.39, 0.29) is 11.5 Å². The summed E-state index contributed by atoms with van der Waals surface area (Å²) >= 11 is 1.48. The van der Waals surface area contributed by atoms with E-state index >= 15 is 0 Å². The third-order valence-electron chi connectivity index (χ3n) is 3.53. The number of halogens is 1. The number of fused-ring (bicyclic) bond motifs is 1. The topological polar surface area (TPSA) is 85.4 Å². The summed E-state index contributed by atoms with van der Waals surface area (Å²) in [5.74, 6) is 0.320. The molecule has 8 heteroatoms. The minimum Gasteiger partial charge on any atom is -0.333 e. The van der Waals surface area contributed by atoms with Gasteiger partial charge in [-0.1, -0.05) is 23.9 Å². The molecule has 3 aromatic rings. The molecule has 3 N–H and O–H groups in total. The van der Waals surface area contributed by atoms with E-state index < -0.39 is 0 Å². The number of imidazole rings is 1. The van der Waals surface area contributed by atoms with Crippen molar-refractivity contribution in [2.75, 3.05) is 11.1 Å². The van der Waals surface area contributed by atoms with Crippen molar-refractivity contribution in [3.63, 3.8) is 0 Å². The second-order valence-electron chi connectivity index (χ2n) is 5.22. The molecule has 6 nitrogen and oxygen atoms in total. The molecule has 0 saturated carbocycles. The van der Waals surface area contributed by atoms with Crippen molar-refractivity contribution in [3.8, 4) is 0 Å². The summed E-state index contributed by atoms with van der Waals surface area (Å²) in [5, 5.41) is 12.0. The van der Waals surface area contributed by atoms with Gasteiger partial charge < -0.3 is 15.3 Å². The van der Waals surface area contributed by atoms with Crippen LogP contribution in [0.4, 0.5) is 10.1 Å². The van der Waals surface area contributed by atoms with E-state index in [0.29, 0.717) is 16.6 Å². The number of rotatable bonds is 2. The van der Waals surface area contributed by atoms with Gasteiger partial charge >= 0.3 is 5.69 Å². The number of nitrogens with zero attached hydrogens (tertiary/aromatic N) is 2. The van der Waals surface area contributed by atoms with Crippen molar-refractivity contribution in [1.82, 2.24) is 9.97 Å². The van der Waals surface area contributed by atoms with Gasteiger partial charge in [-0.3, -0.25) is 0 Å². The van der Waals surface area contributed by atoms with E-state index in [1.54, 1.807) is 12.1 Å². The van der Waals surface area contributed by atoms with Gasteiger partial charge in [0.25, 0.3) is 0 Å². The molecule has 0 radical (unpaired) electrons. The zero-order valence-electron chi connectivity index (χ0n) is 12.3. The van der Waals surface area contributed by atoms with Crippen molar-refractivity contribution in [2.45, 2.75) is 0 Å². The fourth-order valence-electron chi connectivity index (χ4n) is 2.40. The number of benzene rings is 2. The van der Waals surface area contributed by atoms with Crippen LogP contribution in [0.2, 0.25) is 0 Å². The smallest absolute Gasteiger partial charge is 0.323 e. The van der Waals surface area contributed by atoms with Gasteiger partial charge in [-0.05, 0) is 30.3 Å². The van der Waals surface area contributed by atoms with Crippen molar-refractivity contribution < 1.29 is 4.39 Å². The molecule has 4 rings (SSSR count). The number of amidine groups is 1. The highest BCUT2D eigenvalue weighted by Crippen LogP contribution is 2.20. The Morgan fingerprint density at radius 3 is 2.75 bits per heavy atom. The van der Waals surface area contributed by atoms with Crippen molar-refractivity contribution in [1.29, 1.82) is 0 Å². The molecule has 0 atom stereocenters. The zero-order chi connectivity index (χ0) is 16.5. The predicted octanol–water partition coefficient (Wildman–Crippen LogP) is 2.91. The molecule has 0 fully saturated rings. The molecule has 24 heavy (non-hydrogen) atoms. The number of aromatic nitrogens is 2. The molecule has 1 aliphatic rings. The van der Waals surface area contributed by atoms with Crippen LogP contribution in [-0.4, -0.2) is 26.6 Å². The lowest BCUT2D eigenvalue weighted by Gasteiger charge is -2.13. The number of nitrogens with one attached hydrogen (secondary N) is 3. The molecule has 120 valence electrons. The zero-order valence-corrected chi connectivity index (χ0v) is 13.2. The maximum absolute atomic E-state index is 13.2. The first kappa shape index (κ1) is 14.7. The predicted molar refractivity (Wildman–Crippen MR) is 95.4 cm³/mol. The lowest BCUT2D eigenvalue weighted by Crippen LogP contribution is -2.16. The summed E-state index contributed by atoms with van der Waals surface area (Å²) in [6.45, 7) is 0. The van der Waals surface area contributed by atoms with Gasteiger partial charge in [-0.15, -0.1) is 5.10 Å². The Kier molecular flexibility index (Phi) is 3.66. The largest absolute Gasteiger partial charge is 0.333 e. The normalized spacial score (nSPS) is 14.4. The van der Waals surface area contributed by atoms with Gasteiger partial charge in [0.05, 0.1) is 16.7 Å². The molecule has 1 aliphatic heterocycles. The van der Waals surface area contributed by atoms with E-state index in [2.05, 4.69) is 25.5 Å². The van der Waals surface area contributed by atoms with Crippen LogP contribution in [0.15, 0.2) is 57.5 Å². The Morgan fingerprint density at radius 1 is 1.08 bits per heavy atom. The van der Waals surface area contributed by atoms with E-state index in [1.807, 2.05) is 18.2 Å². The van der Waals surface area contributed by atoms with Gasteiger partial charge in [0, 0.05) is 17.0 Å². The Hall–Kier alpha value is -2.87. The summed E-state index contributed by atoms with van der Waals surface area (Å²) in [6.07, 6.45) is 0. The molecule has 2 aromatic carbocycles. The average molecular weight is 341 g/mol. The van der Waals surface area contributed by atoms with Crippen LogP contribution < -0.4 is 11.0 Å². The number of H-pyrrole nitrogens is 2. The van der Waals surface area contributed by atoms with Crippen LogP contribution in [0.3, 0.4) is 0 Å². The molecule has 0 spiro atoms. The second kappa shape index (κ2) is 5.97. The Balaban J connectivity index is 1.57. The highest BCUT2D eigenvalue weighted by molar-refractivity contribution is 8.14. The summed E-state index contributed by atoms with van der Waals surface area (Å²) in [4.78, 5) is 16.7. The third kappa shape index (κ3) is 2.95. The van der Waals surface area contributed by atoms with E-state index in [0.717, 1.165) is 22.3 Å². The molecular formula is C16H12FN5OS. The van der Waals surface area contributed by atoms with Gasteiger partial charge in [-0.2, -0.15) is 5.10 Å². The van der Waals surface area contributed by atoms with Gasteiger partial charge in [-0.25, -0.2) is 9.18 Å². The van der Waals surface area contributed by atoms with Crippen molar-refractivity contribution in [2.24, 2.45) is 10.2 Å². The molecule has 0 saturated heterocycles. The SMILES string of the molecule is O=c1[nH]c2ccc(C3=NN=C(Nc4cccc(F)c4)SC3)cc2[nH]1. The summed E-state index contributed by atoms with van der Waals surface area (Å²) in [6, 6.07) is 11.8. The first-order valence-electron chi connectivity index (χ1n) is 7.20. The molecule has 2 heterocycles. The maximum atomic E-state index is 13.2. The standard InChI is InChI=1S/C16H12FN5OS/c17-10-2-1-3-11(7-10)18-16-22-21-14(8-24-16)9-4-5-12-13(6-9)20-15(23)19-12/h1-7H,8H2,(H,18,22)(H2,19,20,23). The number of anilines is 1. The number of hydrogen-bond acceptors (Lipinski definition) is 5. The summed E-state index contributed by atoms with van der Waals surface area (Å²) in [7, 11) is 0. The van der Waals surface area contributed by atoms with Gasteiger partial charge in [0.2, 0.25) is 0 Å². The Bertz CT molecular complexity index is 1040. The molecule has 0 aliphatic carbocycles. The van der Waals surface area contributed by atoms with Crippen LogP contribution >= 0.6 is 11.8 Å². The number of hydrogen-bond donors (Lipinski definition) is 3. The minimum atomic E-state index is -0.306. The molecule has 0 amide bonds. The van der Waals surface area contributed by atoms with Gasteiger partial charge in [0.15, 0.2) is 5.17 Å². The highest BCUT2D eigenvalue weighted by atomic mass is 32.2. The van der Waals surface area contributed by atoms with E-state index in [9.17, 15) is 9.18 Å². The lowest BCUT2D eigenvalue weighted by atomic mass is 10.1. The molecular weight excluding hydrogens is 329 g/mol. The quantitative estimate of drug-likeness (QED) is 0.670. The molecule has 1 aromatic heterocycles. The molecule has 0 unspecified atom stereocenters. The Labute approximate surface area is 139 Å². The first-order chi connectivity index (χ1) is 11.7.